The summed E-state index contributed by atoms with van der Waals surface area (Å²) in [5.41, 5.74) is 2.43. The van der Waals surface area contributed by atoms with E-state index in [1.165, 1.54) is 5.56 Å². The minimum Gasteiger partial charge on any atom is -0.468 e. The monoisotopic (exact) mass is 255 g/mol. The van der Waals surface area contributed by atoms with E-state index in [2.05, 4.69) is 43.1 Å². The van der Waals surface area contributed by atoms with Crippen molar-refractivity contribution >= 4 is 0 Å². The van der Waals surface area contributed by atoms with Crippen molar-refractivity contribution in [2.75, 3.05) is 0 Å². The van der Waals surface area contributed by atoms with Gasteiger partial charge in [-0.05, 0) is 38.0 Å². The van der Waals surface area contributed by atoms with Crippen LogP contribution in [-0.2, 0) is 0 Å². The van der Waals surface area contributed by atoms with Crippen molar-refractivity contribution in [1.82, 2.24) is 5.32 Å². The molecule has 0 amide bonds. The van der Waals surface area contributed by atoms with Gasteiger partial charge in [0.15, 0.2) is 0 Å². The van der Waals surface area contributed by atoms with Crippen molar-refractivity contribution in [3.63, 3.8) is 0 Å². The topological polar surface area (TPSA) is 25.2 Å². The van der Waals surface area contributed by atoms with Crippen molar-refractivity contribution in [3.8, 4) is 0 Å². The second-order valence-electron chi connectivity index (χ2n) is 5.03. The fourth-order valence-electron chi connectivity index (χ4n) is 2.22. The summed E-state index contributed by atoms with van der Waals surface area (Å²) in [6.07, 6.45) is 2.60. The molecule has 19 heavy (non-hydrogen) atoms. The van der Waals surface area contributed by atoms with E-state index in [0.717, 1.165) is 17.8 Å². The van der Waals surface area contributed by atoms with Crippen LogP contribution in [-0.4, -0.2) is 0 Å². The van der Waals surface area contributed by atoms with Crippen LogP contribution >= 0.6 is 0 Å². The summed E-state index contributed by atoms with van der Waals surface area (Å²) in [4.78, 5) is 0. The molecule has 1 aromatic carbocycles. The summed E-state index contributed by atoms with van der Waals surface area (Å²) in [5, 5.41) is 3.61. The molecule has 0 unspecified atom stereocenters. The third kappa shape index (κ3) is 3.83. The zero-order valence-electron chi connectivity index (χ0n) is 11.6. The van der Waals surface area contributed by atoms with Crippen molar-refractivity contribution in [1.29, 1.82) is 0 Å². The lowest BCUT2D eigenvalue weighted by Crippen LogP contribution is -2.24. The molecule has 1 heterocycles. The van der Waals surface area contributed by atoms with Gasteiger partial charge >= 0.3 is 0 Å². The van der Waals surface area contributed by atoms with E-state index in [4.69, 9.17) is 4.42 Å². The van der Waals surface area contributed by atoms with Crippen molar-refractivity contribution < 1.29 is 4.42 Å². The Hall–Kier alpha value is -1.80. The Morgan fingerprint density at radius 2 is 1.95 bits per heavy atom. The van der Waals surface area contributed by atoms with Gasteiger partial charge in [-0.15, -0.1) is 6.58 Å². The van der Waals surface area contributed by atoms with E-state index in [1.807, 2.05) is 25.1 Å². The van der Waals surface area contributed by atoms with Crippen LogP contribution in [0.5, 0.6) is 0 Å². The quantitative estimate of drug-likeness (QED) is 0.761. The Morgan fingerprint density at radius 3 is 2.53 bits per heavy atom. The molecule has 0 spiro atoms. The SMILES string of the molecule is C=C(C)C[C@@H](N[C@H](C)c1ccccc1)c1ccco1. The Bertz CT molecular complexity index is 501. The zero-order valence-corrected chi connectivity index (χ0v) is 11.6. The molecular weight excluding hydrogens is 234 g/mol. The van der Waals surface area contributed by atoms with Crippen LogP contribution in [0.1, 0.15) is 43.7 Å². The van der Waals surface area contributed by atoms with Crippen molar-refractivity contribution in [2.45, 2.75) is 32.4 Å². The largest absolute Gasteiger partial charge is 0.468 e. The number of furan rings is 1. The van der Waals surface area contributed by atoms with E-state index < -0.39 is 0 Å². The summed E-state index contributed by atoms with van der Waals surface area (Å²) >= 11 is 0. The van der Waals surface area contributed by atoms with Crippen LogP contribution in [0.2, 0.25) is 0 Å². The summed E-state index contributed by atoms with van der Waals surface area (Å²) in [7, 11) is 0. The van der Waals surface area contributed by atoms with Gasteiger partial charge < -0.3 is 9.73 Å². The van der Waals surface area contributed by atoms with Gasteiger partial charge in [0.2, 0.25) is 0 Å². The molecule has 100 valence electrons. The Morgan fingerprint density at radius 1 is 1.21 bits per heavy atom. The molecule has 0 bridgehead atoms. The Labute approximate surface area is 115 Å². The lowest BCUT2D eigenvalue weighted by Gasteiger charge is -2.22. The molecule has 0 radical (unpaired) electrons. The molecule has 0 fully saturated rings. The molecule has 0 aliphatic carbocycles. The fourth-order valence-corrected chi connectivity index (χ4v) is 2.22. The maximum atomic E-state index is 5.53. The van der Waals surface area contributed by atoms with Crippen LogP contribution in [0.15, 0.2) is 65.3 Å². The molecule has 2 atom stereocenters. The highest BCUT2D eigenvalue weighted by Gasteiger charge is 2.17. The van der Waals surface area contributed by atoms with Gasteiger partial charge in [-0.1, -0.05) is 35.9 Å². The molecule has 2 rings (SSSR count). The average Bonchev–Trinajstić information content (AvgIpc) is 2.92. The van der Waals surface area contributed by atoms with Gasteiger partial charge in [0.05, 0.1) is 12.3 Å². The maximum Gasteiger partial charge on any atom is 0.121 e. The molecule has 1 aromatic heterocycles. The summed E-state index contributed by atoms with van der Waals surface area (Å²) in [5.74, 6) is 0.964. The average molecular weight is 255 g/mol. The van der Waals surface area contributed by atoms with Crippen LogP contribution in [0.25, 0.3) is 0 Å². The minimum absolute atomic E-state index is 0.169. The number of hydrogen-bond donors (Lipinski definition) is 1. The number of hydrogen-bond acceptors (Lipinski definition) is 2. The molecule has 1 N–H and O–H groups in total. The third-order valence-electron chi connectivity index (χ3n) is 3.19. The third-order valence-corrected chi connectivity index (χ3v) is 3.19. The zero-order chi connectivity index (χ0) is 13.7. The lowest BCUT2D eigenvalue weighted by molar-refractivity contribution is 0.381. The van der Waals surface area contributed by atoms with E-state index in [0.29, 0.717) is 0 Å². The van der Waals surface area contributed by atoms with E-state index in [1.54, 1.807) is 6.26 Å². The second-order valence-corrected chi connectivity index (χ2v) is 5.03. The molecule has 0 saturated carbocycles. The molecule has 2 nitrogen and oxygen atoms in total. The van der Waals surface area contributed by atoms with Gasteiger partial charge in [0, 0.05) is 6.04 Å². The summed E-state index contributed by atoms with van der Waals surface area (Å²) in [6, 6.07) is 14.8. The van der Waals surface area contributed by atoms with Crippen molar-refractivity contribution in [2.24, 2.45) is 0 Å². The number of nitrogens with one attached hydrogen (secondary N) is 1. The van der Waals surface area contributed by atoms with Gasteiger partial charge in [0.1, 0.15) is 5.76 Å². The Balaban J connectivity index is 2.10. The van der Waals surface area contributed by atoms with E-state index >= 15 is 0 Å². The number of rotatable bonds is 6. The molecule has 0 aliphatic heterocycles. The summed E-state index contributed by atoms with van der Waals surface area (Å²) in [6.45, 7) is 8.22. The van der Waals surface area contributed by atoms with Crippen molar-refractivity contribution in [3.05, 3.63) is 72.2 Å². The smallest absolute Gasteiger partial charge is 0.121 e. The summed E-state index contributed by atoms with van der Waals surface area (Å²) < 4.78 is 5.53. The second kappa shape index (κ2) is 6.39. The lowest BCUT2D eigenvalue weighted by atomic mass is 10.0. The Kier molecular flexibility index (Phi) is 4.58. The normalized spacial score (nSPS) is 14.0. The van der Waals surface area contributed by atoms with E-state index in [9.17, 15) is 0 Å². The highest BCUT2D eigenvalue weighted by Crippen LogP contribution is 2.24. The predicted octanol–water partition coefficient (Wildman–Crippen LogP) is 4.64. The first-order chi connectivity index (χ1) is 9.16. The molecule has 2 heteroatoms. The fraction of sp³-hybridized carbons (Fsp3) is 0.294. The maximum absolute atomic E-state index is 5.53. The molecule has 0 aliphatic rings. The first-order valence-electron chi connectivity index (χ1n) is 6.65. The molecule has 0 saturated heterocycles. The first kappa shape index (κ1) is 13.6. The minimum atomic E-state index is 0.169. The van der Waals surface area contributed by atoms with Crippen LogP contribution < -0.4 is 5.32 Å². The van der Waals surface area contributed by atoms with Gasteiger partial charge in [-0.2, -0.15) is 0 Å². The van der Waals surface area contributed by atoms with Crippen LogP contribution in [0.3, 0.4) is 0 Å². The van der Waals surface area contributed by atoms with Crippen LogP contribution in [0, 0.1) is 0 Å². The predicted molar refractivity (Wildman–Crippen MR) is 78.9 cm³/mol. The molecular formula is C17H21NO. The van der Waals surface area contributed by atoms with Gasteiger partial charge in [0.25, 0.3) is 0 Å². The standard InChI is InChI=1S/C17H21NO/c1-13(2)12-16(17-10-7-11-19-17)18-14(3)15-8-5-4-6-9-15/h4-11,14,16,18H,1,12H2,2-3H3/t14-,16-/m1/s1. The van der Waals surface area contributed by atoms with Gasteiger partial charge in [-0.3, -0.25) is 0 Å². The number of benzene rings is 1. The van der Waals surface area contributed by atoms with Gasteiger partial charge in [-0.25, -0.2) is 0 Å². The van der Waals surface area contributed by atoms with E-state index in [-0.39, 0.29) is 12.1 Å². The highest BCUT2D eigenvalue weighted by atomic mass is 16.3. The first-order valence-corrected chi connectivity index (χ1v) is 6.65. The highest BCUT2D eigenvalue weighted by molar-refractivity contribution is 5.19. The molecule has 2 aromatic rings. The van der Waals surface area contributed by atoms with Crippen LogP contribution in [0.4, 0.5) is 0 Å².